The van der Waals surface area contributed by atoms with Crippen LogP contribution >= 0.6 is 0 Å². The van der Waals surface area contributed by atoms with Crippen molar-refractivity contribution in [1.29, 1.82) is 0 Å². The highest BCUT2D eigenvalue weighted by Crippen LogP contribution is 3.45. The highest BCUT2D eigenvalue weighted by atomic mass is 15.5. The first kappa shape index (κ1) is 14.8. The van der Waals surface area contributed by atoms with Crippen LogP contribution in [-0.4, -0.2) is 12.1 Å². The molecule has 21 rings (SSSR count). The van der Waals surface area contributed by atoms with Crippen LogP contribution in [0.15, 0.2) is 0 Å². The first-order valence-corrected chi connectivity index (χ1v) is 16.2. The molecular formula is C33H35N. The van der Waals surface area contributed by atoms with Gasteiger partial charge in [0, 0.05) is 12.1 Å². The number of hydrogen-bond donors (Lipinski definition) is 1. The largest absolute Gasteiger partial charge is 0.310 e. The number of rotatable bonds is 0. The molecule has 3 aliphatic heterocycles. The highest BCUT2D eigenvalue weighted by Gasteiger charge is 3.43. The molecule has 15 unspecified atom stereocenters. The molecule has 18 aliphatic carbocycles. The maximum atomic E-state index is 4.84. The summed E-state index contributed by atoms with van der Waals surface area (Å²) in [5, 5.41) is 4.84. The molecule has 25 atom stereocenters. The Hall–Kier alpha value is -0.0400. The molecular weight excluding hydrogens is 410 g/mol. The zero-order chi connectivity index (χ0) is 21.1. The van der Waals surface area contributed by atoms with E-state index in [0.717, 1.165) is 107 Å². The molecule has 0 radical (unpaired) electrons. The van der Waals surface area contributed by atoms with Gasteiger partial charge in [-0.3, -0.25) is 0 Å². The summed E-state index contributed by atoms with van der Waals surface area (Å²) >= 11 is 0. The molecule has 172 valence electrons. The van der Waals surface area contributed by atoms with Crippen molar-refractivity contribution in [3.8, 4) is 0 Å². The number of hydrogen-bond acceptors (Lipinski definition) is 1. The third-order valence-electron chi connectivity index (χ3n) is 24.1. The summed E-state index contributed by atoms with van der Waals surface area (Å²) in [5.41, 5.74) is 9.56. The fraction of sp³-hybridized carbons (Fsp3) is 1.00. The van der Waals surface area contributed by atoms with Crippen molar-refractivity contribution in [3.05, 3.63) is 0 Å². The Bertz CT molecular complexity index is 1550. The summed E-state index contributed by atoms with van der Waals surface area (Å²) in [6.07, 6.45) is 6.77. The predicted molar refractivity (Wildman–Crippen MR) is 121 cm³/mol. The summed E-state index contributed by atoms with van der Waals surface area (Å²) < 4.78 is 0. The molecule has 0 aromatic heterocycles. The van der Waals surface area contributed by atoms with Gasteiger partial charge in [-0.25, -0.2) is 0 Å². The lowest BCUT2D eigenvalue weighted by atomic mass is 8.66. The molecule has 1 heteroatoms. The predicted octanol–water partition coefficient (Wildman–Crippen LogP) is 4.43. The molecule has 3 saturated heterocycles. The minimum absolute atomic E-state index is 0.773. The Morgan fingerprint density at radius 3 is 2.24 bits per heavy atom. The average molecular weight is 446 g/mol. The first-order valence-electron chi connectivity index (χ1n) is 16.2. The minimum atomic E-state index is 0.773. The van der Waals surface area contributed by atoms with Gasteiger partial charge in [0.1, 0.15) is 0 Å². The second kappa shape index (κ2) is 2.64. The summed E-state index contributed by atoms with van der Waals surface area (Å²) in [6, 6.07) is 1.89. The minimum Gasteiger partial charge on any atom is -0.310 e. The van der Waals surface area contributed by atoms with Gasteiger partial charge in [-0.1, -0.05) is 27.7 Å². The van der Waals surface area contributed by atoms with E-state index >= 15 is 0 Å². The van der Waals surface area contributed by atoms with Crippen LogP contribution in [0.5, 0.6) is 0 Å². The van der Waals surface area contributed by atoms with Crippen molar-refractivity contribution in [3.63, 3.8) is 0 Å². The SMILES string of the molecule is CC1C2CC13[C@]14C(C)C5C[C@H]6N[C@H]2C2C7C[C@@H]8[C@@H]9C%10CC%11[C@@H]%12[C@@H]6C6(C%12%13C%11%10[C@]79C%137C61[C@]3(C)[C@@]287)C54C. The van der Waals surface area contributed by atoms with Gasteiger partial charge in [0.15, 0.2) is 0 Å². The number of nitrogens with one attached hydrogen (secondary N) is 1. The molecule has 0 amide bonds. The Balaban J connectivity index is 1.22. The highest BCUT2D eigenvalue weighted by molar-refractivity contribution is 5.88. The van der Waals surface area contributed by atoms with Crippen molar-refractivity contribution in [1.82, 2.24) is 5.32 Å². The van der Waals surface area contributed by atoms with Crippen molar-refractivity contribution in [2.75, 3.05) is 0 Å². The van der Waals surface area contributed by atoms with E-state index < -0.39 is 0 Å². The summed E-state index contributed by atoms with van der Waals surface area (Å²) in [6.45, 7) is 11.9. The fourth-order valence-electron chi connectivity index (χ4n) is 28.4. The molecule has 34 heavy (non-hydrogen) atoms. The summed E-state index contributed by atoms with van der Waals surface area (Å²) in [5.74, 6) is 14.0. The molecule has 1 nitrogen and oxygen atoms in total. The molecule has 1 N–H and O–H groups in total. The van der Waals surface area contributed by atoms with E-state index in [1.54, 1.807) is 25.7 Å². The maximum absolute atomic E-state index is 4.84. The smallest absolute Gasteiger partial charge is 0.0138 e. The van der Waals surface area contributed by atoms with E-state index in [0.29, 0.717) is 0 Å². The normalized spacial score (nSPS) is 110. The Kier molecular flexibility index (Phi) is 1.15. The van der Waals surface area contributed by atoms with Gasteiger partial charge in [0.2, 0.25) is 0 Å². The van der Waals surface area contributed by atoms with Crippen LogP contribution in [-0.2, 0) is 0 Å². The van der Waals surface area contributed by atoms with E-state index in [-0.39, 0.29) is 0 Å². The van der Waals surface area contributed by atoms with E-state index in [1.165, 1.54) is 35.5 Å². The van der Waals surface area contributed by atoms with Crippen LogP contribution in [0, 0.1) is 131 Å². The van der Waals surface area contributed by atoms with Crippen molar-refractivity contribution in [2.45, 2.75) is 65.5 Å². The van der Waals surface area contributed by atoms with Crippen molar-refractivity contribution >= 4 is 0 Å². The van der Waals surface area contributed by atoms with Gasteiger partial charge in [0.25, 0.3) is 0 Å². The van der Waals surface area contributed by atoms with Crippen LogP contribution in [0.4, 0.5) is 0 Å². The zero-order valence-electron chi connectivity index (χ0n) is 20.9. The lowest BCUT2D eigenvalue weighted by molar-refractivity contribution is -0.912. The second-order valence-electron chi connectivity index (χ2n) is 19.4. The van der Waals surface area contributed by atoms with Crippen LogP contribution in [0.3, 0.4) is 0 Å². The van der Waals surface area contributed by atoms with E-state index in [4.69, 9.17) is 5.32 Å². The van der Waals surface area contributed by atoms with Gasteiger partial charge in [-0.15, -0.1) is 0 Å². The van der Waals surface area contributed by atoms with Gasteiger partial charge < -0.3 is 5.32 Å². The van der Waals surface area contributed by atoms with Crippen LogP contribution < -0.4 is 5.32 Å². The van der Waals surface area contributed by atoms with E-state index in [2.05, 4.69) is 27.7 Å². The van der Waals surface area contributed by atoms with Gasteiger partial charge in [0.05, 0.1) is 0 Å². The zero-order valence-corrected chi connectivity index (χ0v) is 20.9. The molecule has 0 aromatic carbocycles. The summed E-state index contributed by atoms with van der Waals surface area (Å²) in [7, 11) is 0. The van der Waals surface area contributed by atoms with Gasteiger partial charge in [-0.05, 0) is 156 Å². The van der Waals surface area contributed by atoms with Crippen LogP contribution in [0.25, 0.3) is 0 Å². The van der Waals surface area contributed by atoms with Gasteiger partial charge >= 0.3 is 0 Å². The van der Waals surface area contributed by atoms with E-state index in [9.17, 15) is 0 Å². The average Bonchev–Trinajstić information content (AvgIpc) is 3.36. The van der Waals surface area contributed by atoms with Crippen molar-refractivity contribution < 1.29 is 0 Å². The third-order valence-corrected chi connectivity index (χ3v) is 24.1. The molecule has 0 aromatic rings. The Morgan fingerprint density at radius 1 is 0.647 bits per heavy atom. The Morgan fingerprint density at radius 2 is 1.41 bits per heavy atom. The third kappa shape index (κ3) is 0.446. The first-order chi connectivity index (χ1) is 16.4. The topological polar surface area (TPSA) is 12.0 Å². The quantitative estimate of drug-likeness (QED) is 0.582. The summed E-state index contributed by atoms with van der Waals surface area (Å²) in [4.78, 5) is 0. The maximum Gasteiger partial charge on any atom is 0.0138 e. The fourth-order valence-corrected chi connectivity index (χ4v) is 28.4. The van der Waals surface area contributed by atoms with Gasteiger partial charge in [-0.2, -0.15) is 0 Å². The monoisotopic (exact) mass is 445 g/mol. The van der Waals surface area contributed by atoms with E-state index in [1.807, 2.05) is 0 Å². The van der Waals surface area contributed by atoms with Crippen LogP contribution in [0.2, 0.25) is 0 Å². The molecule has 3 heterocycles. The standard InChI is InChI=1S/C33H35N/c1-9-11-8-25(9)24(4)27-14-6-16-20(27)22(11)34-17-7-12-10(2)29(25)23(12,3)30-21(17)19-15-5-13-18(14)28(16)26(13,15)31(19,30)33(27,28)32(24,29)30/h9-22,34H,5-8H2,1-4H3/t9?,10?,11?,12?,13?,14-,15?,16?,17-,18+,19-,20?,21-,22-,23?,24+,25?,26?,27+,28+,29-,30?,31?,32?,33?/m1/s1. The van der Waals surface area contributed by atoms with Crippen LogP contribution in [0.1, 0.15) is 53.4 Å². The van der Waals surface area contributed by atoms with Crippen molar-refractivity contribution in [2.24, 2.45) is 131 Å². The molecule has 15 bridgehead atoms. The lowest BCUT2D eigenvalue weighted by Crippen LogP contribution is -3.35. The Labute approximate surface area is 201 Å². The molecule has 18 saturated carbocycles. The molecule has 21 fully saturated rings. The molecule has 21 aliphatic rings. The molecule has 9 spiro atoms. The lowest BCUT2D eigenvalue weighted by Gasteiger charge is -3.36. The second-order valence-corrected chi connectivity index (χ2v) is 19.4.